The molecule has 0 N–H and O–H groups in total. The zero-order valence-electron chi connectivity index (χ0n) is 9.94. The Balaban J connectivity index is 3.09. The molecule has 4 nitrogen and oxygen atoms in total. The quantitative estimate of drug-likeness (QED) is 0.839. The second-order valence-corrected chi connectivity index (χ2v) is 6.93. The zero-order valence-corrected chi connectivity index (χ0v) is 11.6. The highest BCUT2D eigenvalue weighted by Gasteiger charge is 2.37. The summed E-state index contributed by atoms with van der Waals surface area (Å²) in [6, 6.07) is 4.18. The maximum atomic E-state index is 12.4. The van der Waals surface area contributed by atoms with Gasteiger partial charge in [0.25, 0.3) is 10.0 Å². The van der Waals surface area contributed by atoms with Crippen LogP contribution in [0.5, 0.6) is 0 Å². The Kier molecular flexibility index (Phi) is 4.95. The molecule has 9 heteroatoms. The van der Waals surface area contributed by atoms with Gasteiger partial charge >= 0.3 is 6.18 Å². The average Bonchev–Trinajstić information content (AvgIpc) is 2.75. The van der Waals surface area contributed by atoms with Gasteiger partial charge in [-0.3, -0.25) is 0 Å². The summed E-state index contributed by atoms with van der Waals surface area (Å²) in [6.45, 7) is -0.154. The minimum atomic E-state index is -4.60. The Hall–Kier alpha value is -1.11. The molecular formula is C10H11F3N2O2S2. The molecule has 1 aromatic heterocycles. The van der Waals surface area contributed by atoms with Crippen molar-refractivity contribution in [2.75, 3.05) is 13.1 Å². The third kappa shape index (κ3) is 4.19. The van der Waals surface area contributed by atoms with E-state index in [4.69, 9.17) is 5.26 Å². The van der Waals surface area contributed by atoms with Crippen LogP contribution in [0.25, 0.3) is 0 Å². The van der Waals surface area contributed by atoms with Crippen LogP contribution in [-0.4, -0.2) is 32.0 Å². The van der Waals surface area contributed by atoms with Crippen molar-refractivity contribution < 1.29 is 21.6 Å². The van der Waals surface area contributed by atoms with E-state index in [1.54, 1.807) is 13.0 Å². The van der Waals surface area contributed by atoms with Crippen molar-refractivity contribution in [3.05, 3.63) is 17.0 Å². The number of nitriles is 1. The second kappa shape index (κ2) is 5.90. The minimum Gasteiger partial charge on any atom is -0.206 e. The van der Waals surface area contributed by atoms with Gasteiger partial charge in [0.1, 0.15) is 21.7 Å². The van der Waals surface area contributed by atoms with Gasteiger partial charge in [-0.2, -0.15) is 22.7 Å². The van der Waals surface area contributed by atoms with Crippen molar-refractivity contribution in [3.63, 3.8) is 0 Å². The predicted molar refractivity (Wildman–Crippen MR) is 64.1 cm³/mol. The van der Waals surface area contributed by atoms with Gasteiger partial charge in [-0.15, -0.1) is 11.3 Å². The molecule has 0 aromatic carbocycles. The first kappa shape index (κ1) is 15.9. The molecule has 0 saturated heterocycles. The summed E-state index contributed by atoms with van der Waals surface area (Å²) in [5, 5.41) is 8.62. The van der Waals surface area contributed by atoms with Gasteiger partial charge in [-0.25, -0.2) is 8.42 Å². The summed E-state index contributed by atoms with van der Waals surface area (Å²) in [4.78, 5) is 0.141. The van der Waals surface area contributed by atoms with Crippen LogP contribution in [0.1, 0.15) is 18.2 Å². The van der Waals surface area contributed by atoms with Crippen LogP contribution in [0, 0.1) is 11.3 Å². The number of thiophene rings is 1. The molecule has 0 unspecified atom stereocenters. The Morgan fingerprint density at radius 1 is 1.42 bits per heavy atom. The highest BCUT2D eigenvalue weighted by atomic mass is 32.2. The summed E-state index contributed by atoms with van der Waals surface area (Å²) in [5.41, 5.74) is 0. The van der Waals surface area contributed by atoms with Crippen molar-refractivity contribution >= 4 is 21.4 Å². The number of hydrogen-bond acceptors (Lipinski definition) is 4. The van der Waals surface area contributed by atoms with Crippen molar-refractivity contribution in [3.8, 4) is 6.07 Å². The van der Waals surface area contributed by atoms with Crippen molar-refractivity contribution in [2.24, 2.45) is 0 Å². The lowest BCUT2D eigenvalue weighted by atomic mass is 10.5. The maximum Gasteiger partial charge on any atom is 0.402 e. The van der Waals surface area contributed by atoms with Crippen LogP contribution in [0.4, 0.5) is 13.2 Å². The van der Waals surface area contributed by atoms with Crippen molar-refractivity contribution in [1.82, 2.24) is 4.31 Å². The van der Waals surface area contributed by atoms with Crippen molar-refractivity contribution in [1.29, 1.82) is 5.26 Å². The third-order valence-corrected chi connectivity index (χ3v) is 5.42. The Morgan fingerprint density at radius 3 is 2.47 bits per heavy atom. The van der Waals surface area contributed by atoms with E-state index in [1.165, 1.54) is 6.07 Å². The summed E-state index contributed by atoms with van der Waals surface area (Å²) >= 11 is 0.662. The summed E-state index contributed by atoms with van der Waals surface area (Å²) < 4.78 is 61.4. The molecule has 1 rings (SSSR count). The SMILES string of the molecule is CCCN(CC(F)(F)F)S(=O)(=O)c1ccc(C#N)s1. The number of hydrogen-bond donors (Lipinski definition) is 0. The van der Waals surface area contributed by atoms with E-state index in [1.807, 2.05) is 0 Å². The standard InChI is InChI=1S/C10H11F3N2O2S2/c1-2-5-15(7-10(11,12)13)19(16,17)9-4-3-8(6-14)18-9/h3-4H,2,5,7H2,1H3. The van der Waals surface area contributed by atoms with Gasteiger partial charge in [0.2, 0.25) is 0 Å². The highest BCUT2D eigenvalue weighted by molar-refractivity contribution is 7.91. The molecule has 106 valence electrons. The molecule has 0 aliphatic heterocycles. The molecular weight excluding hydrogens is 301 g/mol. The second-order valence-electron chi connectivity index (χ2n) is 3.68. The Morgan fingerprint density at radius 2 is 2.05 bits per heavy atom. The first-order chi connectivity index (χ1) is 8.70. The minimum absolute atomic E-state index is 0.141. The lowest BCUT2D eigenvalue weighted by molar-refractivity contribution is -0.136. The molecule has 0 radical (unpaired) electrons. The molecule has 0 spiro atoms. The molecule has 1 aromatic rings. The predicted octanol–water partition coefficient (Wildman–Crippen LogP) is 2.58. The van der Waals surface area contributed by atoms with Crippen LogP contribution in [0.2, 0.25) is 0 Å². The number of sulfonamides is 1. The molecule has 19 heavy (non-hydrogen) atoms. The summed E-state index contributed by atoms with van der Waals surface area (Å²) in [7, 11) is -4.20. The molecule has 0 bridgehead atoms. The van der Waals surface area contributed by atoms with E-state index in [0.717, 1.165) is 6.07 Å². The number of alkyl halides is 3. The van der Waals surface area contributed by atoms with E-state index in [0.29, 0.717) is 15.6 Å². The van der Waals surface area contributed by atoms with E-state index in [2.05, 4.69) is 0 Å². The summed E-state index contributed by atoms with van der Waals surface area (Å²) in [6.07, 6.45) is -4.33. The Bertz CT molecular complexity index is 572. The first-order valence-electron chi connectivity index (χ1n) is 5.27. The van der Waals surface area contributed by atoms with Gasteiger partial charge in [-0.05, 0) is 18.6 Å². The van der Waals surface area contributed by atoms with Gasteiger partial charge < -0.3 is 0 Å². The fraction of sp³-hybridized carbons (Fsp3) is 0.500. The number of halogens is 3. The van der Waals surface area contributed by atoms with Crippen LogP contribution in [-0.2, 0) is 10.0 Å². The molecule has 0 fully saturated rings. The topological polar surface area (TPSA) is 61.2 Å². The average molecular weight is 312 g/mol. The Labute approximate surface area is 113 Å². The highest BCUT2D eigenvalue weighted by Crippen LogP contribution is 2.27. The van der Waals surface area contributed by atoms with Gasteiger partial charge in [0, 0.05) is 6.54 Å². The lowest BCUT2D eigenvalue weighted by Gasteiger charge is -2.21. The van der Waals surface area contributed by atoms with Gasteiger partial charge in [0.05, 0.1) is 0 Å². The molecule has 0 aliphatic carbocycles. The smallest absolute Gasteiger partial charge is 0.206 e. The van der Waals surface area contributed by atoms with E-state index < -0.39 is 22.7 Å². The number of rotatable bonds is 5. The zero-order chi connectivity index (χ0) is 14.7. The first-order valence-corrected chi connectivity index (χ1v) is 7.53. The van der Waals surface area contributed by atoms with Gasteiger partial charge in [0.15, 0.2) is 0 Å². The molecule has 0 saturated carbocycles. The van der Waals surface area contributed by atoms with E-state index >= 15 is 0 Å². The fourth-order valence-corrected chi connectivity index (χ4v) is 4.15. The van der Waals surface area contributed by atoms with Crippen LogP contribution < -0.4 is 0 Å². The monoisotopic (exact) mass is 312 g/mol. The van der Waals surface area contributed by atoms with Gasteiger partial charge in [-0.1, -0.05) is 6.92 Å². The normalized spacial score (nSPS) is 12.6. The van der Waals surface area contributed by atoms with E-state index in [-0.39, 0.29) is 22.1 Å². The fourth-order valence-electron chi connectivity index (χ4n) is 1.38. The maximum absolute atomic E-state index is 12.4. The largest absolute Gasteiger partial charge is 0.402 e. The third-order valence-electron chi connectivity index (χ3n) is 2.11. The molecule has 0 aliphatic rings. The van der Waals surface area contributed by atoms with Crippen LogP contribution >= 0.6 is 11.3 Å². The molecule has 0 atom stereocenters. The lowest BCUT2D eigenvalue weighted by Crippen LogP contribution is -2.39. The van der Waals surface area contributed by atoms with Crippen LogP contribution in [0.15, 0.2) is 16.3 Å². The number of nitrogens with zero attached hydrogens (tertiary/aromatic N) is 2. The van der Waals surface area contributed by atoms with Crippen molar-refractivity contribution in [2.45, 2.75) is 23.7 Å². The van der Waals surface area contributed by atoms with E-state index in [9.17, 15) is 21.6 Å². The summed E-state index contributed by atoms with van der Waals surface area (Å²) in [5.74, 6) is 0. The molecule has 0 amide bonds. The molecule has 1 heterocycles. The van der Waals surface area contributed by atoms with Crippen LogP contribution in [0.3, 0.4) is 0 Å².